The zero-order valence-electron chi connectivity index (χ0n) is 6.97. The lowest BCUT2D eigenvalue weighted by atomic mass is 10.1. The first-order valence-electron chi connectivity index (χ1n) is 4.08. The zero-order chi connectivity index (χ0) is 9.26. The van der Waals surface area contributed by atoms with Gasteiger partial charge in [0.05, 0.1) is 6.61 Å². The number of aliphatic hydroxyl groups excluding tert-OH is 2. The van der Waals surface area contributed by atoms with Gasteiger partial charge in [-0.2, -0.15) is 0 Å². The van der Waals surface area contributed by atoms with Crippen LogP contribution in [0.25, 0.3) is 10.1 Å². The van der Waals surface area contributed by atoms with Crippen molar-refractivity contribution in [2.24, 2.45) is 0 Å². The molecule has 2 rings (SSSR count). The maximum absolute atomic E-state index is 9.47. The molecule has 0 saturated carbocycles. The molecule has 0 radical (unpaired) electrons. The van der Waals surface area contributed by atoms with Gasteiger partial charge in [0.25, 0.3) is 0 Å². The van der Waals surface area contributed by atoms with E-state index in [1.54, 1.807) is 11.3 Å². The van der Waals surface area contributed by atoms with E-state index in [4.69, 9.17) is 5.11 Å². The van der Waals surface area contributed by atoms with E-state index in [-0.39, 0.29) is 6.61 Å². The van der Waals surface area contributed by atoms with Crippen LogP contribution < -0.4 is 0 Å². The Hall–Kier alpha value is -0.900. The van der Waals surface area contributed by atoms with Gasteiger partial charge in [0.1, 0.15) is 6.10 Å². The summed E-state index contributed by atoms with van der Waals surface area (Å²) in [5, 5.41) is 21.2. The number of fused-ring (bicyclic) bond motifs is 1. The summed E-state index contributed by atoms with van der Waals surface area (Å²) in [6, 6.07) is 7.87. The third kappa shape index (κ3) is 1.46. The minimum Gasteiger partial charge on any atom is -0.393 e. The first-order chi connectivity index (χ1) is 6.33. The van der Waals surface area contributed by atoms with Crippen LogP contribution in [0.5, 0.6) is 0 Å². The van der Waals surface area contributed by atoms with Crippen LogP contribution in [0.2, 0.25) is 0 Å². The Morgan fingerprint density at radius 3 is 2.85 bits per heavy atom. The van der Waals surface area contributed by atoms with Crippen LogP contribution in [-0.4, -0.2) is 16.8 Å². The van der Waals surface area contributed by atoms with E-state index < -0.39 is 6.10 Å². The van der Waals surface area contributed by atoms with Crippen molar-refractivity contribution in [1.29, 1.82) is 0 Å². The Balaban J connectivity index is 2.57. The van der Waals surface area contributed by atoms with Gasteiger partial charge in [0.15, 0.2) is 0 Å². The Kier molecular flexibility index (Phi) is 2.31. The monoisotopic (exact) mass is 194 g/mol. The van der Waals surface area contributed by atoms with Gasteiger partial charge in [-0.05, 0) is 16.8 Å². The fraction of sp³-hybridized carbons (Fsp3) is 0.200. The third-order valence-corrected chi connectivity index (χ3v) is 3.02. The molecule has 3 heteroatoms. The van der Waals surface area contributed by atoms with Gasteiger partial charge in [-0.3, -0.25) is 0 Å². The van der Waals surface area contributed by atoms with E-state index in [1.807, 2.05) is 29.6 Å². The summed E-state index contributed by atoms with van der Waals surface area (Å²) < 4.78 is 1.14. The molecule has 0 aliphatic rings. The van der Waals surface area contributed by atoms with Crippen LogP contribution in [0.3, 0.4) is 0 Å². The molecule has 2 nitrogen and oxygen atoms in total. The summed E-state index contributed by atoms with van der Waals surface area (Å²) in [5.41, 5.74) is 0.822. The molecule has 13 heavy (non-hydrogen) atoms. The SMILES string of the molecule is OC[C@H](O)c1csc2ccccc12. The summed E-state index contributed by atoms with van der Waals surface area (Å²) in [5.74, 6) is 0. The first kappa shape index (κ1) is 8.69. The number of hydrogen-bond donors (Lipinski definition) is 2. The molecule has 1 aromatic heterocycles. The summed E-state index contributed by atoms with van der Waals surface area (Å²) >= 11 is 1.59. The third-order valence-electron chi connectivity index (χ3n) is 2.04. The van der Waals surface area contributed by atoms with Crippen molar-refractivity contribution in [2.45, 2.75) is 6.10 Å². The van der Waals surface area contributed by atoms with Gasteiger partial charge >= 0.3 is 0 Å². The predicted molar refractivity (Wildman–Crippen MR) is 53.9 cm³/mol. The van der Waals surface area contributed by atoms with Gasteiger partial charge in [-0.15, -0.1) is 11.3 Å². The maximum atomic E-state index is 9.47. The summed E-state index contributed by atoms with van der Waals surface area (Å²) in [6.07, 6.45) is -0.754. The molecule has 2 N–H and O–H groups in total. The first-order valence-corrected chi connectivity index (χ1v) is 4.96. The fourth-order valence-electron chi connectivity index (χ4n) is 1.35. The van der Waals surface area contributed by atoms with Gasteiger partial charge in [-0.25, -0.2) is 0 Å². The number of hydrogen-bond acceptors (Lipinski definition) is 3. The van der Waals surface area contributed by atoms with Crippen molar-refractivity contribution in [2.75, 3.05) is 6.61 Å². The number of aliphatic hydroxyl groups is 2. The quantitative estimate of drug-likeness (QED) is 0.766. The number of benzene rings is 1. The van der Waals surface area contributed by atoms with Crippen molar-refractivity contribution in [3.05, 3.63) is 35.2 Å². The maximum Gasteiger partial charge on any atom is 0.103 e. The van der Waals surface area contributed by atoms with Gasteiger partial charge in [-0.1, -0.05) is 18.2 Å². The van der Waals surface area contributed by atoms with Gasteiger partial charge in [0, 0.05) is 10.3 Å². The molecule has 0 spiro atoms. The molecule has 68 valence electrons. The predicted octanol–water partition coefficient (Wildman–Crippen LogP) is 1.93. The number of thiophene rings is 1. The van der Waals surface area contributed by atoms with Gasteiger partial charge in [0.2, 0.25) is 0 Å². The largest absolute Gasteiger partial charge is 0.393 e. The van der Waals surface area contributed by atoms with E-state index in [1.165, 1.54) is 0 Å². The Morgan fingerprint density at radius 1 is 1.31 bits per heavy atom. The van der Waals surface area contributed by atoms with Crippen molar-refractivity contribution in [3.8, 4) is 0 Å². The lowest BCUT2D eigenvalue weighted by Crippen LogP contribution is -2.00. The van der Waals surface area contributed by atoms with Crippen molar-refractivity contribution in [3.63, 3.8) is 0 Å². The highest BCUT2D eigenvalue weighted by atomic mass is 32.1. The lowest BCUT2D eigenvalue weighted by Gasteiger charge is -2.04. The topological polar surface area (TPSA) is 40.5 Å². The average molecular weight is 194 g/mol. The Bertz CT molecular complexity index is 408. The molecule has 1 atom stereocenters. The zero-order valence-corrected chi connectivity index (χ0v) is 7.79. The van der Waals surface area contributed by atoms with Gasteiger partial charge < -0.3 is 10.2 Å². The summed E-state index contributed by atoms with van der Waals surface area (Å²) in [4.78, 5) is 0. The minimum atomic E-state index is -0.754. The van der Waals surface area contributed by atoms with Crippen molar-refractivity contribution < 1.29 is 10.2 Å². The van der Waals surface area contributed by atoms with Crippen LogP contribution in [0.1, 0.15) is 11.7 Å². The highest BCUT2D eigenvalue weighted by molar-refractivity contribution is 7.17. The summed E-state index contributed by atoms with van der Waals surface area (Å²) in [6.45, 7) is -0.222. The van der Waals surface area contributed by atoms with E-state index in [0.29, 0.717) is 0 Å². The molecule has 0 fully saturated rings. The second-order valence-electron chi connectivity index (χ2n) is 2.89. The van der Waals surface area contributed by atoms with Crippen LogP contribution in [0.15, 0.2) is 29.6 Å². The standard InChI is InChI=1S/C10H10O2S/c11-5-9(12)8-6-13-10-4-2-1-3-7(8)10/h1-4,6,9,11-12H,5H2/t9-/m0/s1. The summed E-state index contributed by atoms with van der Waals surface area (Å²) in [7, 11) is 0. The number of rotatable bonds is 2. The smallest absolute Gasteiger partial charge is 0.103 e. The van der Waals surface area contributed by atoms with Crippen molar-refractivity contribution in [1.82, 2.24) is 0 Å². The molecule has 0 saturated heterocycles. The molecule has 1 aromatic carbocycles. The normalized spacial score (nSPS) is 13.4. The molecule has 0 unspecified atom stereocenters. The fourth-order valence-corrected chi connectivity index (χ4v) is 2.36. The van der Waals surface area contributed by atoms with Crippen LogP contribution in [-0.2, 0) is 0 Å². The molecular weight excluding hydrogens is 184 g/mol. The Morgan fingerprint density at radius 2 is 2.08 bits per heavy atom. The minimum absolute atomic E-state index is 0.222. The molecular formula is C10H10O2S. The highest BCUT2D eigenvalue weighted by Gasteiger charge is 2.10. The van der Waals surface area contributed by atoms with E-state index >= 15 is 0 Å². The lowest BCUT2D eigenvalue weighted by molar-refractivity contribution is 0.0970. The molecule has 0 amide bonds. The van der Waals surface area contributed by atoms with E-state index in [0.717, 1.165) is 15.6 Å². The van der Waals surface area contributed by atoms with Crippen LogP contribution in [0, 0.1) is 0 Å². The molecule has 0 bridgehead atoms. The van der Waals surface area contributed by atoms with E-state index in [9.17, 15) is 5.11 Å². The van der Waals surface area contributed by atoms with Crippen LogP contribution in [0.4, 0.5) is 0 Å². The molecule has 2 aromatic rings. The Labute approximate surface area is 80.1 Å². The second kappa shape index (κ2) is 3.46. The van der Waals surface area contributed by atoms with Crippen molar-refractivity contribution >= 4 is 21.4 Å². The van der Waals surface area contributed by atoms with Crippen LogP contribution >= 0.6 is 11.3 Å². The molecule has 0 aliphatic carbocycles. The molecule has 1 heterocycles. The second-order valence-corrected chi connectivity index (χ2v) is 3.80. The average Bonchev–Trinajstić information content (AvgIpc) is 2.60. The molecule has 0 aliphatic heterocycles. The highest BCUT2D eigenvalue weighted by Crippen LogP contribution is 2.29. The van der Waals surface area contributed by atoms with E-state index in [2.05, 4.69) is 0 Å².